The van der Waals surface area contributed by atoms with E-state index in [2.05, 4.69) is 5.32 Å². The number of nitrogens with one attached hydrogen (secondary N) is 1. The number of methoxy groups -OCH3 is 1. The van der Waals surface area contributed by atoms with Gasteiger partial charge < -0.3 is 20.5 Å². The second kappa shape index (κ2) is 9.03. The summed E-state index contributed by atoms with van der Waals surface area (Å²) in [6.07, 6.45) is 2.04. The van der Waals surface area contributed by atoms with Gasteiger partial charge in [-0.2, -0.15) is 0 Å². The molecule has 1 rings (SSSR count). The van der Waals surface area contributed by atoms with Crippen LogP contribution in [0.2, 0.25) is 5.02 Å². The van der Waals surface area contributed by atoms with Gasteiger partial charge in [0, 0.05) is 20.3 Å². The summed E-state index contributed by atoms with van der Waals surface area (Å²) in [5.41, 5.74) is 7.34. The van der Waals surface area contributed by atoms with E-state index < -0.39 is 0 Å². The number of benzene rings is 1. The first-order valence-electron chi connectivity index (χ1n) is 6.10. The molecule has 1 aromatic rings. The lowest BCUT2D eigenvalue weighted by Crippen LogP contribution is -2.07. The smallest absolute Gasteiger partial charge is 0.0739 e. The van der Waals surface area contributed by atoms with Gasteiger partial charge in [0.05, 0.1) is 29.6 Å². The molecule has 0 unspecified atom stereocenters. The van der Waals surface area contributed by atoms with Gasteiger partial charge in [0.25, 0.3) is 0 Å². The first-order chi connectivity index (χ1) is 8.75. The van der Waals surface area contributed by atoms with Gasteiger partial charge in [0.1, 0.15) is 0 Å². The number of anilines is 2. The Labute approximate surface area is 113 Å². The minimum atomic E-state index is 0.586. The fourth-order valence-corrected chi connectivity index (χ4v) is 1.66. The van der Waals surface area contributed by atoms with Gasteiger partial charge in [-0.05, 0) is 25.0 Å². The van der Waals surface area contributed by atoms with Crippen LogP contribution in [0.15, 0.2) is 18.2 Å². The Morgan fingerprint density at radius 3 is 2.83 bits per heavy atom. The molecule has 0 aliphatic rings. The molecule has 0 fully saturated rings. The number of hydrogen-bond acceptors (Lipinski definition) is 4. The van der Waals surface area contributed by atoms with Crippen LogP contribution in [0.25, 0.3) is 0 Å². The minimum absolute atomic E-state index is 0.586. The average Bonchev–Trinajstić information content (AvgIpc) is 2.37. The molecule has 0 saturated heterocycles. The first kappa shape index (κ1) is 15.1. The van der Waals surface area contributed by atoms with Gasteiger partial charge in [-0.1, -0.05) is 17.7 Å². The van der Waals surface area contributed by atoms with Crippen LogP contribution in [0.4, 0.5) is 11.4 Å². The third kappa shape index (κ3) is 5.58. The van der Waals surface area contributed by atoms with E-state index in [0.717, 1.165) is 31.7 Å². The van der Waals surface area contributed by atoms with Crippen LogP contribution in [-0.2, 0) is 9.47 Å². The van der Waals surface area contributed by atoms with E-state index in [1.165, 1.54) is 0 Å². The van der Waals surface area contributed by atoms with Crippen molar-refractivity contribution in [2.24, 2.45) is 0 Å². The van der Waals surface area contributed by atoms with Crippen molar-refractivity contribution in [3.8, 4) is 0 Å². The third-order valence-electron chi connectivity index (χ3n) is 2.52. The van der Waals surface area contributed by atoms with Crippen molar-refractivity contribution in [1.82, 2.24) is 0 Å². The SMILES string of the molecule is COCCOCCCCNc1cccc(Cl)c1N. The summed E-state index contributed by atoms with van der Waals surface area (Å²) in [4.78, 5) is 0. The summed E-state index contributed by atoms with van der Waals surface area (Å²) in [6, 6.07) is 5.59. The van der Waals surface area contributed by atoms with Crippen molar-refractivity contribution in [3.63, 3.8) is 0 Å². The van der Waals surface area contributed by atoms with Gasteiger partial charge >= 0.3 is 0 Å². The Balaban J connectivity index is 2.09. The highest BCUT2D eigenvalue weighted by Gasteiger charge is 2.01. The Morgan fingerprint density at radius 2 is 2.06 bits per heavy atom. The van der Waals surface area contributed by atoms with E-state index in [0.29, 0.717) is 23.9 Å². The summed E-state index contributed by atoms with van der Waals surface area (Å²) >= 11 is 5.93. The minimum Gasteiger partial charge on any atom is -0.396 e. The molecule has 0 bridgehead atoms. The van der Waals surface area contributed by atoms with Crippen molar-refractivity contribution in [2.45, 2.75) is 12.8 Å². The highest BCUT2D eigenvalue weighted by molar-refractivity contribution is 6.33. The molecule has 0 spiro atoms. The molecule has 0 saturated carbocycles. The maximum Gasteiger partial charge on any atom is 0.0739 e. The van der Waals surface area contributed by atoms with E-state index in [9.17, 15) is 0 Å². The molecule has 102 valence electrons. The quantitative estimate of drug-likeness (QED) is 0.536. The Hall–Kier alpha value is -0.970. The van der Waals surface area contributed by atoms with E-state index >= 15 is 0 Å². The second-order valence-corrected chi connectivity index (χ2v) is 4.35. The average molecular weight is 273 g/mol. The molecular formula is C13H21ClN2O2. The molecule has 0 atom stereocenters. The van der Waals surface area contributed by atoms with Crippen molar-refractivity contribution in [2.75, 3.05) is 44.5 Å². The van der Waals surface area contributed by atoms with Gasteiger partial charge in [-0.25, -0.2) is 0 Å². The lowest BCUT2D eigenvalue weighted by molar-refractivity contribution is 0.0691. The van der Waals surface area contributed by atoms with Crippen LogP contribution < -0.4 is 11.1 Å². The molecule has 18 heavy (non-hydrogen) atoms. The van der Waals surface area contributed by atoms with E-state index in [1.54, 1.807) is 13.2 Å². The summed E-state index contributed by atoms with van der Waals surface area (Å²) in [5, 5.41) is 3.85. The number of unbranched alkanes of at least 4 members (excludes halogenated alkanes) is 1. The molecule has 0 radical (unpaired) electrons. The number of nitrogens with two attached hydrogens (primary N) is 1. The van der Waals surface area contributed by atoms with Crippen molar-refractivity contribution < 1.29 is 9.47 Å². The fraction of sp³-hybridized carbons (Fsp3) is 0.538. The van der Waals surface area contributed by atoms with E-state index in [4.69, 9.17) is 26.8 Å². The number of hydrogen-bond donors (Lipinski definition) is 2. The highest BCUT2D eigenvalue weighted by Crippen LogP contribution is 2.26. The first-order valence-corrected chi connectivity index (χ1v) is 6.48. The normalized spacial score (nSPS) is 10.6. The monoisotopic (exact) mass is 272 g/mol. The summed E-state index contributed by atoms with van der Waals surface area (Å²) < 4.78 is 10.3. The van der Waals surface area contributed by atoms with Crippen LogP contribution in [0, 0.1) is 0 Å². The molecule has 1 aromatic carbocycles. The number of nitrogen functional groups attached to an aromatic ring is 1. The topological polar surface area (TPSA) is 56.5 Å². The predicted molar refractivity (Wildman–Crippen MR) is 76.3 cm³/mol. The molecule has 4 nitrogen and oxygen atoms in total. The van der Waals surface area contributed by atoms with Gasteiger partial charge in [-0.3, -0.25) is 0 Å². The van der Waals surface area contributed by atoms with Crippen LogP contribution >= 0.6 is 11.6 Å². The van der Waals surface area contributed by atoms with Crippen molar-refractivity contribution >= 4 is 23.0 Å². The molecule has 5 heteroatoms. The zero-order valence-corrected chi connectivity index (χ0v) is 11.5. The predicted octanol–water partition coefficient (Wildman–Crippen LogP) is 2.78. The van der Waals surface area contributed by atoms with Crippen molar-refractivity contribution in [1.29, 1.82) is 0 Å². The third-order valence-corrected chi connectivity index (χ3v) is 2.85. The van der Waals surface area contributed by atoms with E-state index in [-0.39, 0.29) is 0 Å². The zero-order valence-electron chi connectivity index (χ0n) is 10.7. The number of ether oxygens (including phenoxy) is 2. The summed E-state index contributed by atoms with van der Waals surface area (Å²) in [6.45, 7) is 2.93. The molecule has 0 aromatic heterocycles. The molecular weight excluding hydrogens is 252 g/mol. The standard InChI is InChI=1S/C13H21ClN2O2/c1-17-9-10-18-8-3-2-7-16-12-6-4-5-11(14)13(12)15/h4-6,16H,2-3,7-10,15H2,1H3. The van der Waals surface area contributed by atoms with Gasteiger partial charge in [0.2, 0.25) is 0 Å². The second-order valence-electron chi connectivity index (χ2n) is 3.94. The van der Waals surface area contributed by atoms with Crippen LogP contribution in [0.5, 0.6) is 0 Å². The molecule has 0 amide bonds. The summed E-state index contributed by atoms with van der Waals surface area (Å²) in [7, 11) is 1.67. The van der Waals surface area contributed by atoms with Crippen LogP contribution in [0.3, 0.4) is 0 Å². The van der Waals surface area contributed by atoms with Crippen molar-refractivity contribution in [3.05, 3.63) is 23.2 Å². The van der Waals surface area contributed by atoms with Crippen LogP contribution in [-0.4, -0.2) is 33.5 Å². The van der Waals surface area contributed by atoms with E-state index in [1.807, 2.05) is 12.1 Å². The van der Waals surface area contributed by atoms with Gasteiger partial charge in [0.15, 0.2) is 0 Å². The largest absolute Gasteiger partial charge is 0.396 e. The Kier molecular flexibility index (Phi) is 7.57. The lowest BCUT2D eigenvalue weighted by Gasteiger charge is -2.10. The van der Waals surface area contributed by atoms with Crippen LogP contribution in [0.1, 0.15) is 12.8 Å². The molecule has 0 heterocycles. The maximum atomic E-state index is 5.93. The number of rotatable bonds is 9. The molecule has 0 aliphatic heterocycles. The highest BCUT2D eigenvalue weighted by atomic mass is 35.5. The Bertz CT molecular complexity index is 348. The number of halogens is 1. The summed E-state index contributed by atoms with van der Waals surface area (Å²) in [5.74, 6) is 0. The lowest BCUT2D eigenvalue weighted by atomic mass is 10.2. The molecule has 3 N–H and O–H groups in total. The maximum absolute atomic E-state index is 5.93. The van der Waals surface area contributed by atoms with Gasteiger partial charge in [-0.15, -0.1) is 0 Å². The number of para-hydroxylation sites is 1. The zero-order chi connectivity index (χ0) is 13.2. The fourth-order valence-electron chi connectivity index (χ4n) is 1.49. The molecule has 0 aliphatic carbocycles. The Morgan fingerprint density at radius 1 is 1.22 bits per heavy atom.